The normalized spacial score (nSPS) is 18.9. The van der Waals surface area contributed by atoms with Crippen molar-refractivity contribution in [1.29, 1.82) is 0 Å². The van der Waals surface area contributed by atoms with Crippen LogP contribution < -0.4 is 20.1 Å². The van der Waals surface area contributed by atoms with Gasteiger partial charge in [0.25, 0.3) is 17.7 Å². The number of hydrogen-bond donors (Lipinski definition) is 2. The molecule has 15 nitrogen and oxygen atoms in total. The number of imide groups is 2. The summed E-state index contributed by atoms with van der Waals surface area (Å²) < 4.78 is 61.5. The van der Waals surface area contributed by atoms with Crippen molar-refractivity contribution in [2.45, 2.75) is 63.7 Å². The molecular formula is C45H50F3N5O10. The van der Waals surface area contributed by atoms with Gasteiger partial charge in [-0.15, -0.1) is 0 Å². The highest BCUT2D eigenvalue weighted by Gasteiger charge is 2.45. The Labute approximate surface area is 362 Å². The van der Waals surface area contributed by atoms with Crippen molar-refractivity contribution in [3.8, 4) is 11.5 Å². The van der Waals surface area contributed by atoms with E-state index in [0.29, 0.717) is 36.4 Å². The number of aromatic nitrogens is 1. The number of ether oxygens (including phenoxy) is 4. The monoisotopic (exact) mass is 877 g/mol. The van der Waals surface area contributed by atoms with Gasteiger partial charge in [-0.25, -0.2) is 4.98 Å². The van der Waals surface area contributed by atoms with Crippen LogP contribution in [0, 0.1) is 11.8 Å². The number of piperidine rings is 1. The molecule has 3 heterocycles. The number of benzene rings is 2. The van der Waals surface area contributed by atoms with E-state index in [1.807, 2.05) is 30.3 Å². The number of nitrogens with zero attached hydrogens (tertiary/aromatic N) is 3. The molecule has 2 aromatic carbocycles. The molecule has 1 aromatic heterocycles. The molecule has 2 aliphatic heterocycles. The first-order valence-corrected chi connectivity index (χ1v) is 20.7. The minimum absolute atomic E-state index is 0.000370. The lowest BCUT2D eigenvalue weighted by molar-refractivity contribution is -0.183. The maximum Gasteiger partial charge on any atom is 0.391 e. The third-order valence-corrected chi connectivity index (χ3v) is 11.2. The fraction of sp³-hybridized carbons (Fsp3) is 0.444. The minimum atomic E-state index is -4.17. The molecule has 63 heavy (non-hydrogen) atoms. The Morgan fingerprint density at radius 3 is 2.35 bits per heavy atom. The number of likely N-dealkylation sites (N-methyl/N-ethyl adjacent to an activating group) is 1. The van der Waals surface area contributed by atoms with Crippen molar-refractivity contribution < 1.29 is 60.9 Å². The van der Waals surface area contributed by atoms with Gasteiger partial charge < -0.3 is 29.2 Å². The molecule has 1 saturated heterocycles. The first-order chi connectivity index (χ1) is 30.2. The van der Waals surface area contributed by atoms with Crippen LogP contribution in [0.15, 0.2) is 60.8 Å². The molecule has 1 aliphatic carbocycles. The number of rotatable bonds is 19. The van der Waals surface area contributed by atoms with E-state index in [2.05, 4.69) is 15.6 Å². The highest BCUT2D eigenvalue weighted by atomic mass is 19.4. The van der Waals surface area contributed by atoms with Crippen molar-refractivity contribution in [2.24, 2.45) is 11.8 Å². The Kier molecular flexibility index (Phi) is 15.7. The van der Waals surface area contributed by atoms with E-state index in [1.165, 1.54) is 25.4 Å². The summed E-state index contributed by atoms with van der Waals surface area (Å²) in [5.74, 6) is -3.35. The van der Waals surface area contributed by atoms with Crippen molar-refractivity contribution >= 4 is 41.5 Å². The molecule has 1 unspecified atom stereocenters. The zero-order valence-corrected chi connectivity index (χ0v) is 35.0. The van der Waals surface area contributed by atoms with Crippen LogP contribution in [0.25, 0.3) is 6.08 Å². The van der Waals surface area contributed by atoms with Gasteiger partial charge in [0.15, 0.2) is 0 Å². The van der Waals surface area contributed by atoms with Gasteiger partial charge in [0, 0.05) is 32.1 Å². The first kappa shape index (κ1) is 46.4. The lowest BCUT2D eigenvalue weighted by Gasteiger charge is -2.28. The number of amides is 6. The molecule has 3 aromatic rings. The van der Waals surface area contributed by atoms with Crippen LogP contribution in [0.3, 0.4) is 0 Å². The summed E-state index contributed by atoms with van der Waals surface area (Å²) in [6.07, 6.45) is 2.22. The molecule has 0 spiro atoms. The molecule has 2 fully saturated rings. The van der Waals surface area contributed by atoms with Gasteiger partial charge in [0.1, 0.15) is 29.8 Å². The van der Waals surface area contributed by atoms with Crippen LogP contribution in [-0.4, -0.2) is 116 Å². The average Bonchev–Trinajstić information content (AvgIpc) is 3.51. The summed E-state index contributed by atoms with van der Waals surface area (Å²) >= 11 is 0. The number of halogens is 3. The van der Waals surface area contributed by atoms with E-state index in [0.717, 1.165) is 16.0 Å². The number of nitrogens with one attached hydrogen (secondary N) is 2. The van der Waals surface area contributed by atoms with Gasteiger partial charge in [-0.05, 0) is 73.4 Å². The molecule has 1 atom stereocenters. The van der Waals surface area contributed by atoms with Crippen molar-refractivity contribution in [3.63, 3.8) is 0 Å². The van der Waals surface area contributed by atoms with Crippen LogP contribution in [0.4, 0.5) is 13.2 Å². The summed E-state index contributed by atoms with van der Waals surface area (Å²) in [7, 11) is 3.16. The zero-order chi connectivity index (χ0) is 45.1. The van der Waals surface area contributed by atoms with Gasteiger partial charge in [-0.1, -0.05) is 36.4 Å². The summed E-state index contributed by atoms with van der Waals surface area (Å²) in [4.78, 5) is 82.4. The second-order valence-corrected chi connectivity index (χ2v) is 15.5. The predicted octanol–water partition coefficient (Wildman–Crippen LogP) is 4.92. The summed E-state index contributed by atoms with van der Waals surface area (Å²) in [5.41, 5.74) is 2.58. The van der Waals surface area contributed by atoms with E-state index in [4.69, 9.17) is 18.9 Å². The maximum absolute atomic E-state index is 13.1. The Morgan fingerprint density at radius 2 is 1.62 bits per heavy atom. The van der Waals surface area contributed by atoms with E-state index in [1.54, 1.807) is 30.2 Å². The number of alkyl halides is 3. The van der Waals surface area contributed by atoms with Gasteiger partial charge in [-0.2, -0.15) is 13.2 Å². The largest absolute Gasteiger partial charge is 0.495 e. The van der Waals surface area contributed by atoms with E-state index in [9.17, 15) is 41.9 Å². The quantitative estimate of drug-likeness (QED) is 0.123. The predicted molar refractivity (Wildman–Crippen MR) is 221 cm³/mol. The summed E-state index contributed by atoms with van der Waals surface area (Å²) in [6, 6.07) is 12.3. The van der Waals surface area contributed by atoms with Crippen LogP contribution in [0.5, 0.6) is 11.5 Å². The van der Waals surface area contributed by atoms with Crippen molar-refractivity contribution in [3.05, 3.63) is 94.3 Å². The molecule has 1 saturated carbocycles. The van der Waals surface area contributed by atoms with Gasteiger partial charge in [0.05, 0.1) is 63.2 Å². The van der Waals surface area contributed by atoms with E-state index < -0.39 is 47.7 Å². The Morgan fingerprint density at radius 1 is 0.905 bits per heavy atom. The maximum atomic E-state index is 13.1. The smallest absolute Gasteiger partial charge is 0.391 e. The van der Waals surface area contributed by atoms with E-state index in [-0.39, 0.29) is 100 Å². The highest BCUT2D eigenvalue weighted by Crippen LogP contribution is 2.40. The zero-order valence-electron chi connectivity index (χ0n) is 35.0. The molecule has 336 valence electrons. The number of allylic oxidation sites excluding steroid dienone is 1. The van der Waals surface area contributed by atoms with Crippen LogP contribution in [-0.2, 0) is 36.8 Å². The number of carbonyl (C=O) groups excluding carboxylic acids is 6. The number of carbonyl (C=O) groups is 6. The molecular weight excluding hydrogens is 828 g/mol. The molecule has 2 N–H and O–H groups in total. The standard InChI is InChI=1S/C45H50F3N5O10/c1-52(16-17-61-18-19-62-20-21-63-33-12-13-34-35(25-33)44(59)53(43(34)58)37-14-15-39(54)51-42(37)57)40(55)23-29-4-3-5-30(22-29)26-50-41(56)36-24-31(38(60-2)27-49-36)9-6-28-7-10-32(11-8-28)45(46,47)48/h3-6,9,12-13,22,24-25,27-28,32,37H,7-8,10-11,14-21,23,26H2,1-2H3,(H,50,56)(H,51,54,57)/b9-6+. The third kappa shape index (κ3) is 12.3. The Balaban J connectivity index is 0.853. The van der Waals surface area contributed by atoms with Crippen molar-refractivity contribution in [1.82, 2.24) is 25.4 Å². The summed E-state index contributed by atoms with van der Waals surface area (Å²) in [6.45, 7) is 1.74. The number of methoxy groups -OCH3 is 1. The number of pyridine rings is 1. The molecule has 6 rings (SSSR count). The topological polar surface area (TPSA) is 183 Å². The second kappa shape index (κ2) is 21.3. The van der Waals surface area contributed by atoms with Gasteiger partial charge in [0.2, 0.25) is 17.7 Å². The molecule has 3 aliphatic rings. The Hall–Kier alpha value is -6.14. The molecule has 0 bridgehead atoms. The molecule has 18 heteroatoms. The van der Waals surface area contributed by atoms with E-state index >= 15 is 0 Å². The molecule has 0 radical (unpaired) electrons. The lowest BCUT2D eigenvalue weighted by atomic mass is 9.81. The average molecular weight is 878 g/mol. The second-order valence-electron chi connectivity index (χ2n) is 15.5. The fourth-order valence-corrected chi connectivity index (χ4v) is 7.60. The van der Waals surface area contributed by atoms with Crippen molar-refractivity contribution in [2.75, 3.05) is 53.7 Å². The van der Waals surface area contributed by atoms with Crippen LogP contribution >= 0.6 is 0 Å². The minimum Gasteiger partial charge on any atom is -0.495 e. The third-order valence-electron chi connectivity index (χ3n) is 11.2. The lowest BCUT2D eigenvalue weighted by Crippen LogP contribution is -2.54. The molecule has 6 amide bonds. The first-order valence-electron chi connectivity index (χ1n) is 20.7. The van der Waals surface area contributed by atoms with Crippen LogP contribution in [0.2, 0.25) is 0 Å². The van der Waals surface area contributed by atoms with Crippen LogP contribution in [0.1, 0.15) is 86.4 Å². The highest BCUT2D eigenvalue weighted by molar-refractivity contribution is 6.23. The van der Waals surface area contributed by atoms with Gasteiger partial charge in [-0.3, -0.25) is 39.0 Å². The fourth-order valence-electron chi connectivity index (χ4n) is 7.60. The Bertz CT molecular complexity index is 2210. The SMILES string of the molecule is COc1cnc(C(=O)NCc2cccc(CC(=O)N(C)CCOCCOCCOc3ccc4c(c3)C(=O)N(C3CCC(=O)NC3=O)C4=O)c2)cc1/C=C/C1CCC(C(F)(F)F)CC1. The number of fused-ring (bicyclic) bond motifs is 1. The number of hydrogen-bond acceptors (Lipinski definition) is 11. The van der Waals surface area contributed by atoms with Gasteiger partial charge >= 0.3 is 6.18 Å². The summed E-state index contributed by atoms with van der Waals surface area (Å²) in [5, 5.41) is 5.02.